The molecule has 1 saturated heterocycles. The van der Waals surface area contributed by atoms with Crippen LogP contribution in [-0.2, 0) is 6.18 Å². The van der Waals surface area contributed by atoms with Gasteiger partial charge in [0.15, 0.2) is 0 Å². The zero-order chi connectivity index (χ0) is 11.8. The van der Waals surface area contributed by atoms with Crippen LogP contribution in [0.1, 0.15) is 30.3 Å². The Hall–Kier alpha value is -1.08. The van der Waals surface area contributed by atoms with Crippen molar-refractivity contribution in [1.82, 2.24) is 15.0 Å². The van der Waals surface area contributed by atoms with Gasteiger partial charge >= 0.3 is 6.18 Å². The quantitative estimate of drug-likeness (QED) is 0.782. The molecule has 0 radical (unpaired) electrons. The highest BCUT2D eigenvalue weighted by atomic mass is 19.4. The van der Waals surface area contributed by atoms with Gasteiger partial charge in [-0.05, 0) is 12.8 Å². The van der Waals surface area contributed by atoms with Gasteiger partial charge in [0.2, 0.25) is 0 Å². The Kier molecular flexibility index (Phi) is 2.90. The van der Waals surface area contributed by atoms with E-state index in [0.29, 0.717) is 31.8 Å². The van der Waals surface area contributed by atoms with Crippen LogP contribution in [0.15, 0.2) is 6.20 Å². The second-order valence-electron chi connectivity index (χ2n) is 3.91. The first kappa shape index (κ1) is 11.4. The summed E-state index contributed by atoms with van der Waals surface area (Å²) < 4.78 is 36.9. The maximum Gasteiger partial charge on any atom is 0.432 e. The number of alkyl halides is 3. The third-order valence-electron chi connectivity index (χ3n) is 2.76. The minimum absolute atomic E-state index is 0.0282. The average Bonchev–Trinajstić information content (AvgIpc) is 2.67. The van der Waals surface area contributed by atoms with Crippen molar-refractivity contribution in [1.29, 1.82) is 0 Å². The summed E-state index contributed by atoms with van der Waals surface area (Å²) in [4.78, 5) is 6.06. The van der Waals surface area contributed by atoms with Gasteiger partial charge in [-0.2, -0.15) is 18.2 Å². The number of aromatic nitrogens is 2. The summed E-state index contributed by atoms with van der Waals surface area (Å²) in [6.45, 7) is 0.930. The molecule has 1 aliphatic heterocycles. The lowest BCUT2D eigenvalue weighted by Crippen LogP contribution is -2.30. The van der Waals surface area contributed by atoms with Gasteiger partial charge in [-0.25, -0.2) is 4.98 Å². The highest BCUT2D eigenvalue weighted by Gasteiger charge is 2.34. The number of piperidine rings is 1. The van der Waals surface area contributed by atoms with Crippen LogP contribution in [0.4, 0.5) is 13.2 Å². The molecule has 1 aromatic rings. The summed E-state index contributed by atoms with van der Waals surface area (Å²) in [6, 6.07) is 0. The van der Waals surface area contributed by atoms with Gasteiger partial charge in [0.05, 0.1) is 6.20 Å². The number of rotatable bonds is 1. The SMILES string of the molecule is ON1CCC(c2ncc(C(F)(F)F)[nH]2)CC1. The zero-order valence-electron chi connectivity index (χ0n) is 8.46. The molecule has 0 aliphatic carbocycles. The number of hydrogen-bond donors (Lipinski definition) is 2. The summed E-state index contributed by atoms with van der Waals surface area (Å²) in [5.74, 6) is 0.333. The normalized spacial score (nSPS) is 20.2. The number of nitrogens with zero attached hydrogens (tertiary/aromatic N) is 2. The lowest BCUT2D eigenvalue weighted by Gasteiger charge is -2.25. The molecular weight excluding hydrogens is 223 g/mol. The Labute approximate surface area is 90.0 Å². The fourth-order valence-corrected chi connectivity index (χ4v) is 1.83. The monoisotopic (exact) mass is 235 g/mol. The largest absolute Gasteiger partial charge is 0.432 e. The number of H-pyrrole nitrogens is 1. The van der Waals surface area contributed by atoms with Gasteiger partial charge in [0.1, 0.15) is 11.5 Å². The van der Waals surface area contributed by atoms with Crippen LogP contribution in [-0.4, -0.2) is 33.3 Å². The molecule has 0 saturated carbocycles. The zero-order valence-corrected chi connectivity index (χ0v) is 8.46. The van der Waals surface area contributed by atoms with Crippen molar-refractivity contribution in [3.05, 3.63) is 17.7 Å². The van der Waals surface area contributed by atoms with Crippen molar-refractivity contribution >= 4 is 0 Å². The molecule has 4 nitrogen and oxygen atoms in total. The van der Waals surface area contributed by atoms with Crippen molar-refractivity contribution < 1.29 is 18.4 Å². The van der Waals surface area contributed by atoms with Gasteiger partial charge in [-0.1, -0.05) is 0 Å². The first-order valence-electron chi connectivity index (χ1n) is 5.03. The standard InChI is InChI=1S/C9H12F3N3O/c10-9(11,12)7-5-13-8(14-7)6-1-3-15(16)4-2-6/h5-6,16H,1-4H2,(H,13,14). The molecule has 1 aliphatic rings. The average molecular weight is 235 g/mol. The molecule has 0 spiro atoms. The minimum Gasteiger partial charge on any atom is -0.338 e. The second-order valence-corrected chi connectivity index (χ2v) is 3.91. The van der Waals surface area contributed by atoms with E-state index >= 15 is 0 Å². The van der Waals surface area contributed by atoms with Crippen molar-refractivity contribution in [2.45, 2.75) is 24.9 Å². The van der Waals surface area contributed by atoms with Gasteiger partial charge in [0.25, 0.3) is 0 Å². The van der Waals surface area contributed by atoms with E-state index in [-0.39, 0.29) is 5.92 Å². The van der Waals surface area contributed by atoms with E-state index in [4.69, 9.17) is 5.21 Å². The van der Waals surface area contributed by atoms with Crippen LogP contribution in [0.3, 0.4) is 0 Å². The predicted molar refractivity (Wildman–Crippen MR) is 48.9 cm³/mol. The van der Waals surface area contributed by atoms with Crippen molar-refractivity contribution in [2.24, 2.45) is 0 Å². The Morgan fingerprint density at radius 3 is 2.50 bits per heavy atom. The Morgan fingerprint density at radius 1 is 1.38 bits per heavy atom. The van der Waals surface area contributed by atoms with Crippen LogP contribution < -0.4 is 0 Å². The van der Waals surface area contributed by atoms with E-state index in [1.807, 2.05) is 0 Å². The number of nitrogens with one attached hydrogen (secondary N) is 1. The van der Waals surface area contributed by atoms with Crippen LogP contribution in [0.2, 0.25) is 0 Å². The van der Waals surface area contributed by atoms with E-state index < -0.39 is 11.9 Å². The summed E-state index contributed by atoms with van der Waals surface area (Å²) in [6.07, 6.45) is -2.33. The third kappa shape index (κ3) is 2.35. The topological polar surface area (TPSA) is 52.1 Å². The summed E-state index contributed by atoms with van der Waals surface area (Å²) >= 11 is 0. The molecule has 0 aromatic carbocycles. The van der Waals surface area contributed by atoms with Crippen LogP contribution in [0.5, 0.6) is 0 Å². The molecule has 0 amide bonds. The maximum absolute atomic E-state index is 12.3. The molecule has 0 unspecified atom stereocenters. The van der Waals surface area contributed by atoms with E-state index in [0.717, 1.165) is 6.20 Å². The molecule has 2 rings (SSSR count). The highest BCUT2D eigenvalue weighted by Crippen LogP contribution is 2.31. The number of hydroxylamine groups is 2. The molecule has 0 atom stereocenters. The van der Waals surface area contributed by atoms with Gasteiger partial charge < -0.3 is 10.2 Å². The molecular formula is C9H12F3N3O. The Morgan fingerprint density at radius 2 is 2.00 bits per heavy atom. The van der Waals surface area contributed by atoms with E-state index in [9.17, 15) is 13.2 Å². The fourth-order valence-electron chi connectivity index (χ4n) is 1.83. The van der Waals surface area contributed by atoms with Crippen molar-refractivity contribution in [3.8, 4) is 0 Å². The number of hydrogen-bond acceptors (Lipinski definition) is 3. The van der Waals surface area contributed by atoms with Crippen LogP contribution >= 0.6 is 0 Å². The lowest BCUT2D eigenvalue weighted by molar-refractivity contribution is -0.141. The second kappa shape index (κ2) is 4.06. The van der Waals surface area contributed by atoms with Crippen LogP contribution in [0, 0.1) is 0 Å². The smallest absolute Gasteiger partial charge is 0.338 e. The summed E-state index contributed by atoms with van der Waals surface area (Å²) in [5, 5.41) is 10.3. The first-order chi connectivity index (χ1) is 7.47. The molecule has 16 heavy (non-hydrogen) atoms. The molecule has 1 aromatic heterocycles. The number of aromatic amines is 1. The first-order valence-corrected chi connectivity index (χ1v) is 5.03. The van der Waals surface area contributed by atoms with E-state index in [1.165, 1.54) is 5.06 Å². The fraction of sp³-hybridized carbons (Fsp3) is 0.667. The van der Waals surface area contributed by atoms with Gasteiger partial charge in [-0.3, -0.25) is 0 Å². The van der Waals surface area contributed by atoms with Crippen molar-refractivity contribution in [2.75, 3.05) is 13.1 Å². The Balaban J connectivity index is 2.08. The molecule has 2 N–H and O–H groups in total. The minimum atomic E-state index is -4.37. The number of halogens is 3. The summed E-state index contributed by atoms with van der Waals surface area (Å²) in [5.41, 5.74) is -0.811. The third-order valence-corrected chi connectivity index (χ3v) is 2.76. The van der Waals surface area contributed by atoms with Gasteiger partial charge in [0, 0.05) is 19.0 Å². The molecule has 2 heterocycles. The predicted octanol–water partition coefficient (Wildman–Crippen LogP) is 2.00. The van der Waals surface area contributed by atoms with Gasteiger partial charge in [-0.15, -0.1) is 0 Å². The Bertz CT molecular complexity index is 355. The van der Waals surface area contributed by atoms with Crippen molar-refractivity contribution in [3.63, 3.8) is 0 Å². The van der Waals surface area contributed by atoms with E-state index in [2.05, 4.69) is 9.97 Å². The molecule has 90 valence electrons. The number of imidazole rings is 1. The molecule has 7 heteroatoms. The molecule has 0 bridgehead atoms. The lowest BCUT2D eigenvalue weighted by atomic mass is 9.97. The van der Waals surface area contributed by atoms with Crippen LogP contribution in [0.25, 0.3) is 0 Å². The maximum atomic E-state index is 12.3. The molecule has 1 fully saturated rings. The highest BCUT2D eigenvalue weighted by molar-refractivity contribution is 5.09. The van der Waals surface area contributed by atoms with E-state index in [1.54, 1.807) is 0 Å². The summed E-state index contributed by atoms with van der Waals surface area (Å²) in [7, 11) is 0.